The van der Waals surface area contributed by atoms with Gasteiger partial charge in [0.15, 0.2) is 0 Å². The van der Waals surface area contributed by atoms with Crippen molar-refractivity contribution in [3.63, 3.8) is 0 Å². The summed E-state index contributed by atoms with van der Waals surface area (Å²) in [6.07, 6.45) is 0.777. The van der Waals surface area contributed by atoms with Crippen molar-refractivity contribution in [1.82, 2.24) is 10.2 Å². The lowest BCUT2D eigenvalue weighted by atomic mass is 10.0. The topological polar surface area (TPSA) is 41.6 Å². The molecule has 1 N–H and O–H groups in total. The minimum atomic E-state index is -0.190. The molecule has 5 heteroatoms. The number of piperidine rings is 1. The smallest absolute Gasteiger partial charge is 0.410 e. The van der Waals surface area contributed by atoms with Gasteiger partial charge in [-0.05, 0) is 24.6 Å². The van der Waals surface area contributed by atoms with Crippen molar-refractivity contribution in [1.29, 1.82) is 0 Å². The number of benzene rings is 1. The molecule has 2 saturated heterocycles. The molecular formula is C13H15BrN2O2. The van der Waals surface area contributed by atoms with E-state index >= 15 is 0 Å². The van der Waals surface area contributed by atoms with Gasteiger partial charge < -0.3 is 10.1 Å². The highest BCUT2D eigenvalue weighted by Gasteiger charge is 2.42. The number of carbonyl (C=O) groups is 1. The van der Waals surface area contributed by atoms with E-state index in [-0.39, 0.29) is 18.2 Å². The zero-order valence-electron chi connectivity index (χ0n) is 9.93. The van der Waals surface area contributed by atoms with Gasteiger partial charge in [0, 0.05) is 11.0 Å². The van der Waals surface area contributed by atoms with Gasteiger partial charge >= 0.3 is 6.09 Å². The number of amides is 1. The van der Waals surface area contributed by atoms with E-state index in [0.29, 0.717) is 6.54 Å². The maximum atomic E-state index is 11.9. The Morgan fingerprint density at radius 3 is 3.11 bits per heavy atom. The number of rotatable bonds is 2. The van der Waals surface area contributed by atoms with Crippen LogP contribution in [-0.2, 0) is 11.3 Å². The molecule has 2 unspecified atom stereocenters. The predicted octanol–water partition coefficient (Wildman–Crippen LogP) is 2.13. The second kappa shape index (κ2) is 4.90. The normalized spacial score (nSPS) is 26.9. The van der Waals surface area contributed by atoms with Crippen LogP contribution in [0.2, 0.25) is 0 Å². The highest BCUT2D eigenvalue weighted by atomic mass is 79.9. The van der Waals surface area contributed by atoms with E-state index < -0.39 is 0 Å². The van der Waals surface area contributed by atoms with Gasteiger partial charge in [0.25, 0.3) is 0 Å². The maximum Gasteiger partial charge on any atom is 0.410 e. The van der Waals surface area contributed by atoms with Gasteiger partial charge in [-0.3, -0.25) is 4.90 Å². The molecule has 3 rings (SSSR count). The Kier molecular flexibility index (Phi) is 3.26. The summed E-state index contributed by atoms with van der Waals surface area (Å²) >= 11 is 3.52. The SMILES string of the molecule is O=C1OC2CNCCC2N1Cc1ccccc1Br. The molecule has 2 aliphatic heterocycles. The molecule has 96 valence electrons. The van der Waals surface area contributed by atoms with E-state index in [1.807, 2.05) is 29.2 Å². The van der Waals surface area contributed by atoms with Crippen molar-refractivity contribution in [3.05, 3.63) is 34.3 Å². The van der Waals surface area contributed by atoms with Crippen LogP contribution in [0.5, 0.6) is 0 Å². The van der Waals surface area contributed by atoms with Crippen LogP contribution in [0.25, 0.3) is 0 Å². The van der Waals surface area contributed by atoms with E-state index in [1.54, 1.807) is 0 Å². The second-order valence-electron chi connectivity index (χ2n) is 4.70. The molecule has 18 heavy (non-hydrogen) atoms. The van der Waals surface area contributed by atoms with Crippen molar-refractivity contribution >= 4 is 22.0 Å². The van der Waals surface area contributed by atoms with Crippen LogP contribution in [-0.4, -0.2) is 36.2 Å². The van der Waals surface area contributed by atoms with Crippen molar-refractivity contribution in [3.8, 4) is 0 Å². The molecule has 0 saturated carbocycles. The van der Waals surface area contributed by atoms with E-state index in [4.69, 9.17) is 4.74 Å². The average molecular weight is 311 g/mol. The lowest BCUT2D eigenvalue weighted by molar-refractivity contribution is 0.121. The Morgan fingerprint density at radius 1 is 1.44 bits per heavy atom. The Labute approximate surface area is 114 Å². The molecule has 1 amide bonds. The molecule has 2 aliphatic rings. The van der Waals surface area contributed by atoms with Crippen molar-refractivity contribution < 1.29 is 9.53 Å². The van der Waals surface area contributed by atoms with Gasteiger partial charge in [0.05, 0.1) is 12.6 Å². The minimum absolute atomic E-state index is 0.00809. The number of halogens is 1. The average Bonchev–Trinajstić information content (AvgIpc) is 2.69. The summed E-state index contributed by atoms with van der Waals surface area (Å²) in [7, 11) is 0. The largest absolute Gasteiger partial charge is 0.443 e. The third kappa shape index (κ3) is 2.12. The van der Waals surface area contributed by atoms with Crippen molar-refractivity contribution in [2.24, 2.45) is 0 Å². The number of ether oxygens (including phenoxy) is 1. The first-order chi connectivity index (χ1) is 8.75. The van der Waals surface area contributed by atoms with E-state index in [0.717, 1.165) is 29.5 Å². The molecule has 0 aliphatic carbocycles. The predicted molar refractivity (Wildman–Crippen MR) is 71.2 cm³/mol. The summed E-state index contributed by atoms with van der Waals surface area (Å²) in [4.78, 5) is 13.8. The summed E-state index contributed by atoms with van der Waals surface area (Å²) in [5.41, 5.74) is 1.12. The van der Waals surface area contributed by atoms with E-state index in [9.17, 15) is 4.79 Å². The quantitative estimate of drug-likeness (QED) is 0.910. The zero-order valence-corrected chi connectivity index (χ0v) is 11.5. The van der Waals surface area contributed by atoms with Crippen molar-refractivity contribution in [2.75, 3.05) is 13.1 Å². The summed E-state index contributed by atoms with van der Waals surface area (Å²) in [5, 5.41) is 3.26. The molecule has 0 spiro atoms. The number of fused-ring (bicyclic) bond motifs is 1. The molecule has 1 aromatic carbocycles. The molecule has 2 atom stereocenters. The number of carbonyl (C=O) groups excluding carboxylic acids is 1. The monoisotopic (exact) mass is 310 g/mol. The summed E-state index contributed by atoms with van der Waals surface area (Å²) in [5.74, 6) is 0. The van der Waals surface area contributed by atoms with Crippen LogP contribution < -0.4 is 5.32 Å². The third-order valence-corrected chi connectivity index (χ3v) is 4.35. The Balaban J connectivity index is 1.79. The molecule has 0 bridgehead atoms. The first kappa shape index (κ1) is 12.0. The Morgan fingerprint density at radius 2 is 2.28 bits per heavy atom. The Hall–Kier alpha value is -1.07. The van der Waals surface area contributed by atoms with Crippen LogP contribution in [0.1, 0.15) is 12.0 Å². The van der Waals surface area contributed by atoms with Crippen LogP contribution in [0.3, 0.4) is 0 Å². The summed E-state index contributed by atoms with van der Waals surface area (Å²) in [6.45, 7) is 2.33. The molecule has 2 heterocycles. The van der Waals surface area contributed by atoms with Crippen LogP contribution in [0.15, 0.2) is 28.7 Å². The van der Waals surface area contributed by atoms with Gasteiger partial charge in [-0.2, -0.15) is 0 Å². The van der Waals surface area contributed by atoms with Gasteiger partial charge in [-0.25, -0.2) is 4.79 Å². The molecule has 4 nitrogen and oxygen atoms in total. The highest BCUT2D eigenvalue weighted by molar-refractivity contribution is 9.10. The van der Waals surface area contributed by atoms with Gasteiger partial charge in [0.2, 0.25) is 0 Å². The number of nitrogens with zero attached hydrogens (tertiary/aromatic N) is 1. The lowest BCUT2D eigenvalue weighted by Crippen LogP contribution is -2.47. The van der Waals surface area contributed by atoms with Crippen molar-refractivity contribution in [2.45, 2.75) is 25.1 Å². The molecule has 0 radical (unpaired) electrons. The fraction of sp³-hybridized carbons (Fsp3) is 0.462. The molecular weight excluding hydrogens is 296 g/mol. The number of hydrogen-bond acceptors (Lipinski definition) is 3. The summed E-state index contributed by atoms with van der Waals surface area (Å²) in [6, 6.07) is 8.21. The number of nitrogens with one attached hydrogen (secondary N) is 1. The third-order valence-electron chi connectivity index (χ3n) is 3.58. The number of hydrogen-bond donors (Lipinski definition) is 1. The first-order valence-corrected chi connectivity index (χ1v) is 6.96. The van der Waals surface area contributed by atoms with Gasteiger partial charge in [-0.15, -0.1) is 0 Å². The van der Waals surface area contributed by atoms with Gasteiger partial charge in [-0.1, -0.05) is 34.1 Å². The van der Waals surface area contributed by atoms with E-state index in [1.165, 1.54) is 0 Å². The van der Waals surface area contributed by atoms with Crippen LogP contribution >= 0.6 is 15.9 Å². The lowest BCUT2D eigenvalue weighted by Gasteiger charge is -2.28. The zero-order chi connectivity index (χ0) is 12.5. The second-order valence-corrected chi connectivity index (χ2v) is 5.56. The van der Waals surface area contributed by atoms with Crippen LogP contribution in [0, 0.1) is 0 Å². The van der Waals surface area contributed by atoms with Crippen LogP contribution in [0.4, 0.5) is 4.79 Å². The first-order valence-electron chi connectivity index (χ1n) is 6.17. The van der Waals surface area contributed by atoms with Gasteiger partial charge in [0.1, 0.15) is 6.10 Å². The summed E-state index contributed by atoms with van der Waals surface area (Å²) < 4.78 is 6.44. The molecule has 0 aromatic heterocycles. The molecule has 2 fully saturated rings. The minimum Gasteiger partial charge on any atom is -0.443 e. The fourth-order valence-electron chi connectivity index (χ4n) is 2.62. The standard InChI is InChI=1S/C13H15BrN2O2/c14-10-4-2-1-3-9(10)8-16-11-5-6-15-7-12(11)18-13(16)17/h1-4,11-12,15H,5-8H2. The highest BCUT2D eigenvalue weighted by Crippen LogP contribution is 2.27. The fourth-order valence-corrected chi connectivity index (χ4v) is 3.03. The molecule has 1 aromatic rings. The van der Waals surface area contributed by atoms with E-state index in [2.05, 4.69) is 21.2 Å². The maximum absolute atomic E-state index is 11.9. The Bertz CT molecular complexity index is 466.